The fourth-order valence-electron chi connectivity index (χ4n) is 1.66. The molecule has 0 aliphatic heterocycles. The van der Waals surface area contributed by atoms with Crippen LogP contribution in [-0.2, 0) is 4.79 Å². The molecule has 0 bridgehead atoms. The number of quaternary nitrogens is 1. The largest absolute Gasteiger partial charge is 0.338 e. The molecule has 0 aliphatic carbocycles. The van der Waals surface area contributed by atoms with Crippen LogP contribution in [0.3, 0.4) is 0 Å². The Kier molecular flexibility index (Phi) is 6.78. The summed E-state index contributed by atoms with van der Waals surface area (Å²) in [5.74, 6) is -0.354. The van der Waals surface area contributed by atoms with E-state index < -0.39 is 6.03 Å². The molecule has 0 aromatic heterocycles. The monoisotopic (exact) mass is 318 g/mol. The van der Waals surface area contributed by atoms with E-state index >= 15 is 0 Å². The molecule has 5 nitrogen and oxygen atoms in total. The molecule has 0 unspecified atom stereocenters. The first kappa shape index (κ1) is 16.8. The molecule has 0 saturated carbocycles. The van der Waals surface area contributed by atoms with E-state index in [9.17, 15) is 9.59 Å². The van der Waals surface area contributed by atoms with Gasteiger partial charge in [-0.05, 0) is 26.0 Å². The summed E-state index contributed by atoms with van der Waals surface area (Å²) < 4.78 is 0. The number of hydrogen-bond donors (Lipinski definition) is 3. The van der Waals surface area contributed by atoms with E-state index in [-0.39, 0.29) is 18.5 Å². The maximum atomic E-state index is 11.5. The third-order valence-electron chi connectivity index (χ3n) is 2.70. The molecule has 0 spiro atoms. The molecule has 20 heavy (non-hydrogen) atoms. The standard InChI is InChI=1S/C13H17Cl2N3O2/c1-3-16-13(20)18-12(19)7-17-8(2)10-5-4-9(14)6-11(10)15/h4-6,8,17H,3,7H2,1-2H3,(H2,16,18,19,20)/p+1/t8-/m0/s1. The van der Waals surface area contributed by atoms with Gasteiger partial charge in [-0.2, -0.15) is 0 Å². The van der Waals surface area contributed by atoms with Crippen LogP contribution >= 0.6 is 23.2 Å². The zero-order valence-corrected chi connectivity index (χ0v) is 12.9. The lowest BCUT2D eigenvalue weighted by Crippen LogP contribution is -2.87. The summed E-state index contributed by atoms with van der Waals surface area (Å²) in [5.41, 5.74) is 0.891. The number of carbonyl (C=O) groups excluding carboxylic acids is 2. The third kappa shape index (κ3) is 5.36. The Hall–Kier alpha value is -1.30. The highest BCUT2D eigenvalue weighted by molar-refractivity contribution is 6.35. The Labute approximate surface area is 128 Å². The highest BCUT2D eigenvalue weighted by Gasteiger charge is 2.15. The number of urea groups is 1. The SMILES string of the molecule is CCNC(=O)NC(=O)C[NH2+][C@@H](C)c1ccc(Cl)cc1Cl. The fourth-order valence-corrected chi connectivity index (χ4v) is 2.24. The topological polar surface area (TPSA) is 74.8 Å². The van der Waals surface area contributed by atoms with E-state index in [4.69, 9.17) is 23.2 Å². The predicted octanol–water partition coefficient (Wildman–Crippen LogP) is 1.46. The molecule has 1 aromatic carbocycles. The van der Waals surface area contributed by atoms with Crippen molar-refractivity contribution in [3.8, 4) is 0 Å². The highest BCUT2D eigenvalue weighted by Crippen LogP contribution is 2.24. The summed E-state index contributed by atoms with van der Waals surface area (Å²) >= 11 is 11.9. The van der Waals surface area contributed by atoms with Crippen LogP contribution in [0.25, 0.3) is 0 Å². The van der Waals surface area contributed by atoms with Gasteiger partial charge < -0.3 is 10.6 Å². The molecule has 0 aliphatic rings. The number of rotatable bonds is 5. The summed E-state index contributed by atoms with van der Waals surface area (Å²) in [6.45, 7) is 4.31. The summed E-state index contributed by atoms with van der Waals surface area (Å²) in [5, 5.41) is 7.65. The van der Waals surface area contributed by atoms with Crippen molar-refractivity contribution in [2.45, 2.75) is 19.9 Å². The van der Waals surface area contributed by atoms with E-state index in [0.717, 1.165) is 5.56 Å². The van der Waals surface area contributed by atoms with Crippen molar-refractivity contribution in [1.29, 1.82) is 0 Å². The second kappa shape index (κ2) is 8.09. The van der Waals surface area contributed by atoms with Crippen LogP contribution in [0.2, 0.25) is 10.0 Å². The summed E-state index contributed by atoms with van der Waals surface area (Å²) in [6, 6.07) is 4.75. The van der Waals surface area contributed by atoms with Gasteiger partial charge in [0.25, 0.3) is 5.91 Å². The van der Waals surface area contributed by atoms with E-state index in [1.165, 1.54) is 0 Å². The number of nitrogens with two attached hydrogens (primary N) is 1. The van der Waals surface area contributed by atoms with Crippen LogP contribution in [0.4, 0.5) is 4.79 Å². The van der Waals surface area contributed by atoms with E-state index in [1.807, 2.05) is 13.0 Å². The van der Waals surface area contributed by atoms with Gasteiger partial charge in [-0.1, -0.05) is 29.3 Å². The van der Waals surface area contributed by atoms with Gasteiger partial charge in [0, 0.05) is 17.1 Å². The smallest absolute Gasteiger partial charge is 0.321 e. The number of imide groups is 1. The minimum absolute atomic E-state index is 0.0141. The zero-order chi connectivity index (χ0) is 15.1. The molecule has 0 radical (unpaired) electrons. The average Bonchev–Trinajstić information content (AvgIpc) is 2.36. The van der Waals surface area contributed by atoms with Crippen molar-refractivity contribution in [2.24, 2.45) is 0 Å². The molecule has 1 aromatic rings. The number of benzene rings is 1. The molecule has 1 atom stereocenters. The minimum Gasteiger partial charge on any atom is -0.338 e. The van der Waals surface area contributed by atoms with Gasteiger partial charge in [-0.3, -0.25) is 10.1 Å². The van der Waals surface area contributed by atoms with Crippen LogP contribution in [0.1, 0.15) is 25.5 Å². The summed E-state index contributed by atoms with van der Waals surface area (Å²) in [4.78, 5) is 22.7. The molecule has 4 N–H and O–H groups in total. The molecule has 3 amide bonds. The van der Waals surface area contributed by atoms with Crippen LogP contribution in [0.5, 0.6) is 0 Å². The Bertz CT molecular complexity index is 495. The number of halogens is 2. The molecule has 110 valence electrons. The lowest BCUT2D eigenvalue weighted by Gasteiger charge is -2.12. The van der Waals surface area contributed by atoms with Crippen LogP contribution in [0.15, 0.2) is 18.2 Å². The van der Waals surface area contributed by atoms with Crippen molar-refractivity contribution in [3.63, 3.8) is 0 Å². The Morgan fingerprint density at radius 3 is 2.65 bits per heavy atom. The first-order valence-corrected chi connectivity index (χ1v) is 7.05. The Morgan fingerprint density at radius 1 is 1.35 bits per heavy atom. The summed E-state index contributed by atoms with van der Waals surface area (Å²) in [7, 11) is 0. The molecular weight excluding hydrogens is 301 g/mol. The van der Waals surface area contributed by atoms with Crippen molar-refractivity contribution < 1.29 is 14.9 Å². The van der Waals surface area contributed by atoms with Crippen LogP contribution < -0.4 is 16.0 Å². The maximum absolute atomic E-state index is 11.5. The lowest BCUT2D eigenvalue weighted by molar-refractivity contribution is -0.682. The first-order chi connectivity index (χ1) is 9.43. The van der Waals surface area contributed by atoms with E-state index in [0.29, 0.717) is 16.6 Å². The molecule has 0 fully saturated rings. The second-order valence-electron chi connectivity index (χ2n) is 4.30. The van der Waals surface area contributed by atoms with Crippen molar-refractivity contribution in [2.75, 3.05) is 13.1 Å². The summed E-state index contributed by atoms with van der Waals surface area (Å²) in [6.07, 6.45) is 0. The number of hydrogen-bond acceptors (Lipinski definition) is 2. The lowest BCUT2D eigenvalue weighted by atomic mass is 10.1. The normalized spacial score (nSPS) is 11.8. The molecule has 0 saturated heterocycles. The van der Waals surface area contributed by atoms with Gasteiger partial charge in [0.05, 0.1) is 5.02 Å². The van der Waals surface area contributed by atoms with Gasteiger partial charge in [-0.15, -0.1) is 0 Å². The molecule has 1 rings (SSSR count). The predicted molar refractivity (Wildman–Crippen MR) is 78.9 cm³/mol. The van der Waals surface area contributed by atoms with Gasteiger partial charge in [-0.25, -0.2) is 4.79 Å². The number of amides is 3. The van der Waals surface area contributed by atoms with E-state index in [2.05, 4.69) is 10.6 Å². The quantitative estimate of drug-likeness (QED) is 0.769. The number of nitrogens with one attached hydrogen (secondary N) is 2. The zero-order valence-electron chi connectivity index (χ0n) is 11.4. The first-order valence-electron chi connectivity index (χ1n) is 6.30. The van der Waals surface area contributed by atoms with Gasteiger partial charge >= 0.3 is 6.03 Å². The fraction of sp³-hybridized carbons (Fsp3) is 0.385. The van der Waals surface area contributed by atoms with Gasteiger partial charge in [0.2, 0.25) is 0 Å². The highest BCUT2D eigenvalue weighted by atomic mass is 35.5. The van der Waals surface area contributed by atoms with Crippen molar-refractivity contribution in [3.05, 3.63) is 33.8 Å². The molecular formula is C13H18Cl2N3O2+. The van der Waals surface area contributed by atoms with Crippen LogP contribution in [-0.4, -0.2) is 25.0 Å². The second-order valence-corrected chi connectivity index (χ2v) is 5.15. The van der Waals surface area contributed by atoms with Crippen molar-refractivity contribution in [1.82, 2.24) is 10.6 Å². The maximum Gasteiger partial charge on any atom is 0.321 e. The Balaban J connectivity index is 2.48. The van der Waals surface area contributed by atoms with Gasteiger partial charge in [0.15, 0.2) is 6.54 Å². The average molecular weight is 319 g/mol. The van der Waals surface area contributed by atoms with Gasteiger partial charge in [0.1, 0.15) is 6.04 Å². The molecule has 7 heteroatoms. The number of carbonyl (C=O) groups is 2. The molecule has 0 heterocycles. The Morgan fingerprint density at radius 2 is 2.05 bits per heavy atom. The minimum atomic E-state index is -0.483. The van der Waals surface area contributed by atoms with E-state index in [1.54, 1.807) is 24.4 Å². The van der Waals surface area contributed by atoms with Crippen LogP contribution in [0, 0.1) is 0 Å². The van der Waals surface area contributed by atoms with Crippen molar-refractivity contribution >= 4 is 35.1 Å². The third-order valence-corrected chi connectivity index (χ3v) is 3.26.